The molecule has 3 N–H and O–H groups in total. The molecule has 0 fully saturated rings. The molecule has 0 aromatic rings. The van der Waals surface area contributed by atoms with Gasteiger partial charge in [-0.15, -0.1) is 24.0 Å². The van der Waals surface area contributed by atoms with Crippen molar-refractivity contribution >= 4 is 35.8 Å². The number of amides is 1. The third kappa shape index (κ3) is 16.3. The number of aliphatic imine (C=N–C) groups is 1. The number of carbonyl (C=O) groups excluding carboxylic acids is 1. The molecule has 0 bridgehead atoms. The molecule has 0 radical (unpaired) electrons. The van der Waals surface area contributed by atoms with Gasteiger partial charge in [-0.3, -0.25) is 4.79 Å². The first kappa shape index (κ1) is 25.6. The highest BCUT2D eigenvalue weighted by molar-refractivity contribution is 14.0. The zero-order valence-corrected chi connectivity index (χ0v) is 18.4. The summed E-state index contributed by atoms with van der Waals surface area (Å²) in [5, 5.41) is 9.29. The van der Waals surface area contributed by atoms with Gasteiger partial charge in [0.05, 0.1) is 0 Å². The second-order valence-electron chi connectivity index (χ2n) is 6.57. The smallest absolute Gasteiger partial charge is 0.242 e. The lowest BCUT2D eigenvalue weighted by Crippen LogP contribution is -2.44. The van der Waals surface area contributed by atoms with Crippen LogP contribution in [0, 0.1) is 0 Å². The topological polar surface area (TPSA) is 78.0 Å². The summed E-state index contributed by atoms with van der Waals surface area (Å²) in [5.41, 5.74) is -0.233. The van der Waals surface area contributed by atoms with E-state index in [4.69, 9.17) is 4.74 Å². The van der Waals surface area contributed by atoms with E-state index in [1.165, 1.54) is 0 Å². The van der Waals surface area contributed by atoms with E-state index < -0.39 is 0 Å². The number of nitrogens with zero attached hydrogens (tertiary/aromatic N) is 2. The fourth-order valence-electron chi connectivity index (χ4n) is 1.91. The van der Waals surface area contributed by atoms with Crippen LogP contribution in [-0.4, -0.2) is 75.8 Å². The van der Waals surface area contributed by atoms with Crippen LogP contribution in [0.4, 0.5) is 0 Å². The molecule has 0 atom stereocenters. The SMILES string of the molecule is CCNC(=NCC(=O)NC(C)(C)C)NCCN(C)CCCOC.I. The minimum atomic E-state index is -0.233. The van der Waals surface area contributed by atoms with Crippen molar-refractivity contribution in [1.29, 1.82) is 0 Å². The first-order chi connectivity index (χ1) is 10.8. The first-order valence-corrected chi connectivity index (χ1v) is 8.29. The Bertz CT molecular complexity index is 359. The van der Waals surface area contributed by atoms with E-state index in [1.54, 1.807) is 7.11 Å². The largest absolute Gasteiger partial charge is 0.385 e. The molecule has 0 aromatic heterocycles. The molecule has 144 valence electrons. The van der Waals surface area contributed by atoms with Gasteiger partial charge in [0.15, 0.2) is 5.96 Å². The van der Waals surface area contributed by atoms with Crippen LogP contribution in [0.5, 0.6) is 0 Å². The van der Waals surface area contributed by atoms with Crippen LogP contribution in [0.3, 0.4) is 0 Å². The summed E-state index contributed by atoms with van der Waals surface area (Å²) >= 11 is 0. The molecular formula is C16H36IN5O2. The summed E-state index contributed by atoms with van der Waals surface area (Å²) in [4.78, 5) is 18.4. The average molecular weight is 457 g/mol. The summed E-state index contributed by atoms with van der Waals surface area (Å²) in [6.07, 6.45) is 1.02. The number of likely N-dealkylation sites (N-methyl/N-ethyl adjacent to an activating group) is 1. The molecule has 0 spiro atoms. The lowest BCUT2D eigenvalue weighted by Gasteiger charge is -2.20. The van der Waals surface area contributed by atoms with E-state index in [-0.39, 0.29) is 42.0 Å². The maximum Gasteiger partial charge on any atom is 0.242 e. The van der Waals surface area contributed by atoms with Crippen LogP contribution < -0.4 is 16.0 Å². The van der Waals surface area contributed by atoms with Gasteiger partial charge in [-0.25, -0.2) is 4.99 Å². The Morgan fingerprint density at radius 1 is 1.21 bits per heavy atom. The van der Waals surface area contributed by atoms with Gasteiger partial charge in [-0.2, -0.15) is 0 Å². The van der Waals surface area contributed by atoms with Gasteiger partial charge in [0.2, 0.25) is 5.91 Å². The predicted octanol–water partition coefficient (Wildman–Crippen LogP) is 1.04. The maximum absolute atomic E-state index is 11.8. The Balaban J connectivity index is 0. The molecule has 0 aromatic carbocycles. The summed E-state index contributed by atoms with van der Waals surface area (Å²) in [6, 6.07) is 0. The molecule has 0 saturated carbocycles. The first-order valence-electron chi connectivity index (χ1n) is 8.29. The van der Waals surface area contributed by atoms with Crippen molar-refractivity contribution in [3.05, 3.63) is 0 Å². The van der Waals surface area contributed by atoms with E-state index in [2.05, 4.69) is 32.9 Å². The van der Waals surface area contributed by atoms with Gasteiger partial charge in [-0.05, 0) is 41.2 Å². The van der Waals surface area contributed by atoms with E-state index >= 15 is 0 Å². The minimum Gasteiger partial charge on any atom is -0.385 e. The maximum atomic E-state index is 11.8. The molecule has 7 nitrogen and oxygen atoms in total. The third-order valence-corrected chi connectivity index (χ3v) is 2.91. The number of nitrogens with one attached hydrogen (secondary N) is 3. The minimum absolute atomic E-state index is 0. The molecule has 0 saturated heterocycles. The van der Waals surface area contributed by atoms with Crippen LogP contribution in [0.25, 0.3) is 0 Å². The van der Waals surface area contributed by atoms with Crippen molar-refractivity contribution in [1.82, 2.24) is 20.9 Å². The van der Waals surface area contributed by atoms with Crippen molar-refractivity contribution < 1.29 is 9.53 Å². The number of halogens is 1. The van der Waals surface area contributed by atoms with Crippen LogP contribution in [0.2, 0.25) is 0 Å². The number of hydrogen-bond acceptors (Lipinski definition) is 4. The molecule has 0 aliphatic rings. The van der Waals surface area contributed by atoms with Gasteiger partial charge < -0.3 is 25.6 Å². The highest BCUT2D eigenvalue weighted by atomic mass is 127. The summed E-state index contributed by atoms with van der Waals surface area (Å²) < 4.78 is 5.05. The summed E-state index contributed by atoms with van der Waals surface area (Å²) in [6.45, 7) is 12.2. The van der Waals surface area contributed by atoms with Crippen molar-refractivity contribution in [2.75, 3.05) is 53.5 Å². The van der Waals surface area contributed by atoms with Crippen LogP contribution in [0.15, 0.2) is 4.99 Å². The fraction of sp³-hybridized carbons (Fsp3) is 0.875. The number of rotatable bonds is 10. The van der Waals surface area contributed by atoms with Crippen molar-refractivity contribution in [3.63, 3.8) is 0 Å². The molecule has 0 heterocycles. The molecule has 0 aliphatic heterocycles. The highest BCUT2D eigenvalue weighted by Crippen LogP contribution is 1.97. The van der Waals surface area contributed by atoms with Gasteiger partial charge in [0.1, 0.15) is 6.54 Å². The van der Waals surface area contributed by atoms with E-state index in [9.17, 15) is 4.79 Å². The molecule has 8 heteroatoms. The molecule has 0 aliphatic carbocycles. The molecule has 0 rings (SSSR count). The Hall–Kier alpha value is -0.610. The van der Waals surface area contributed by atoms with E-state index in [1.807, 2.05) is 27.7 Å². The Morgan fingerprint density at radius 2 is 1.88 bits per heavy atom. The quantitative estimate of drug-likeness (QED) is 0.198. The Kier molecular flexibility index (Phi) is 15.7. The van der Waals surface area contributed by atoms with Gasteiger partial charge in [0, 0.05) is 45.4 Å². The third-order valence-electron chi connectivity index (χ3n) is 2.91. The van der Waals surface area contributed by atoms with Crippen molar-refractivity contribution in [2.24, 2.45) is 4.99 Å². The molecule has 24 heavy (non-hydrogen) atoms. The average Bonchev–Trinajstić information content (AvgIpc) is 2.43. The zero-order chi connectivity index (χ0) is 17.7. The number of ether oxygens (including phenoxy) is 1. The molecule has 1 amide bonds. The van der Waals surface area contributed by atoms with Crippen LogP contribution >= 0.6 is 24.0 Å². The van der Waals surface area contributed by atoms with Crippen molar-refractivity contribution in [2.45, 2.75) is 39.7 Å². The normalized spacial score (nSPS) is 11.9. The van der Waals surface area contributed by atoms with Gasteiger partial charge in [0.25, 0.3) is 0 Å². The van der Waals surface area contributed by atoms with E-state index in [0.29, 0.717) is 5.96 Å². The molecular weight excluding hydrogens is 421 g/mol. The van der Waals surface area contributed by atoms with E-state index in [0.717, 1.165) is 39.2 Å². The number of methoxy groups -OCH3 is 1. The number of hydrogen-bond donors (Lipinski definition) is 3. The lowest BCUT2D eigenvalue weighted by molar-refractivity contribution is -0.121. The van der Waals surface area contributed by atoms with Gasteiger partial charge in [-0.1, -0.05) is 0 Å². The summed E-state index contributed by atoms with van der Waals surface area (Å²) in [5.74, 6) is 0.591. The number of guanidine groups is 1. The molecule has 0 unspecified atom stereocenters. The standard InChI is InChI=1S/C16H35N5O2.HI/c1-7-17-15(19-13-14(22)20-16(2,3)4)18-9-11-21(5)10-8-12-23-6;/h7-13H2,1-6H3,(H,20,22)(H2,17,18,19);1H. The van der Waals surface area contributed by atoms with Crippen LogP contribution in [0.1, 0.15) is 34.1 Å². The van der Waals surface area contributed by atoms with Crippen LogP contribution in [-0.2, 0) is 9.53 Å². The monoisotopic (exact) mass is 457 g/mol. The fourth-order valence-corrected chi connectivity index (χ4v) is 1.91. The van der Waals surface area contributed by atoms with Gasteiger partial charge >= 0.3 is 0 Å². The second kappa shape index (κ2) is 14.7. The second-order valence-corrected chi connectivity index (χ2v) is 6.57. The Morgan fingerprint density at radius 3 is 2.42 bits per heavy atom. The Labute approximate surface area is 164 Å². The van der Waals surface area contributed by atoms with Crippen molar-refractivity contribution in [3.8, 4) is 0 Å². The zero-order valence-electron chi connectivity index (χ0n) is 16.1. The predicted molar refractivity (Wildman–Crippen MR) is 111 cm³/mol. The number of carbonyl (C=O) groups is 1. The highest BCUT2D eigenvalue weighted by Gasteiger charge is 2.13. The summed E-state index contributed by atoms with van der Waals surface area (Å²) in [7, 11) is 3.80. The lowest BCUT2D eigenvalue weighted by atomic mass is 10.1.